The van der Waals surface area contributed by atoms with Crippen molar-refractivity contribution >= 4 is 45.1 Å². The average Bonchev–Trinajstić information content (AvgIpc) is 3.28. The Balaban J connectivity index is 1.54. The lowest BCUT2D eigenvalue weighted by molar-refractivity contribution is -0.138. The third kappa shape index (κ3) is 4.20. The molecule has 1 aliphatic heterocycles. The summed E-state index contributed by atoms with van der Waals surface area (Å²) in [6.07, 6.45) is 0. The minimum atomic E-state index is -1.13. The van der Waals surface area contributed by atoms with Gasteiger partial charge in [0, 0.05) is 16.4 Å². The fourth-order valence-corrected chi connectivity index (χ4v) is 3.88. The van der Waals surface area contributed by atoms with Crippen LogP contribution in [0.15, 0.2) is 46.3 Å². The van der Waals surface area contributed by atoms with Crippen molar-refractivity contribution in [2.24, 2.45) is 0 Å². The Morgan fingerprint density at radius 3 is 2.64 bits per heavy atom. The van der Waals surface area contributed by atoms with Crippen molar-refractivity contribution in [2.45, 2.75) is 12.5 Å². The van der Waals surface area contributed by atoms with Crippen molar-refractivity contribution in [2.75, 3.05) is 26.7 Å². The van der Waals surface area contributed by atoms with Crippen molar-refractivity contribution in [1.29, 1.82) is 0 Å². The Kier molecular flexibility index (Phi) is 6.04. The lowest BCUT2D eigenvalue weighted by atomic mass is 10.0. The first-order valence-corrected chi connectivity index (χ1v) is 10.3. The lowest BCUT2D eigenvalue weighted by Gasteiger charge is -2.22. The summed E-state index contributed by atoms with van der Waals surface area (Å²) in [5.41, 5.74) is -1.13. The smallest absolute Gasteiger partial charge is 0.325 e. The van der Waals surface area contributed by atoms with Crippen molar-refractivity contribution in [3.8, 4) is 5.75 Å². The van der Waals surface area contributed by atoms with E-state index in [1.54, 1.807) is 20.0 Å². The van der Waals surface area contributed by atoms with Gasteiger partial charge < -0.3 is 15.0 Å². The number of benzene rings is 1. The van der Waals surface area contributed by atoms with Crippen LogP contribution in [0.3, 0.4) is 0 Å². The summed E-state index contributed by atoms with van der Waals surface area (Å²) in [5.74, 6) is -0.0592. The average molecular weight is 466 g/mol. The Bertz CT molecular complexity index is 872. The topological polar surface area (TPSA) is 79.0 Å². The van der Waals surface area contributed by atoms with E-state index in [-0.39, 0.29) is 12.5 Å². The second-order valence-electron chi connectivity index (χ2n) is 6.54. The van der Waals surface area contributed by atoms with Gasteiger partial charge in [-0.15, -0.1) is 11.3 Å². The first-order chi connectivity index (χ1) is 13.3. The van der Waals surface area contributed by atoms with Gasteiger partial charge >= 0.3 is 6.03 Å². The highest BCUT2D eigenvalue weighted by atomic mass is 79.9. The number of likely N-dealkylation sites (N-methyl/N-ethyl adjacent to an activating group) is 1. The Morgan fingerprint density at radius 1 is 1.29 bits per heavy atom. The van der Waals surface area contributed by atoms with E-state index in [1.165, 1.54) is 16.2 Å². The van der Waals surface area contributed by atoms with Gasteiger partial charge in [0.1, 0.15) is 18.9 Å². The standard InChI is InChI=1S/C19H20BrN3O4S/c1-19(15-4-3-11-28-15)17(25)23(18(26)21-19)12-16(24)22(2)9-10-27-14-7-5-13(20)6-8-14/h3-8,11H,9-10,12H2,1-2H3,(H,21,26). The first kappa shape index (κ1) is 20.3. The zero-order chi connectivity index (χ0) is 20.3. The fraction of sp³-hybridized carbons (Fsp3) is 0.316. The van der Waals surface area contributed by atoms with Crippen LogP contribution in [0.5, 0.6) is 5.75 Å². The van der Waals surface area contributed by atoms with E-state index in [4.69, 9.17) is 4.74 Å². The molecule has 7 nitrogen and oxygen atoms in total. The second kappa shape index (κ2) is 8.32. The number of amides is 4. The van der Waals surface area contributed by atoms with Gasteiger partial charge in [0.15, 0.2) is 5.54 Å². The molecule has 1 aromatic heterocycles. The number of nitrogens with one attached hydrogen (secondary N) is 1. The molecule has 0 radical (unpaired) electrons. The number of imide groups is 1. The molecule has 1 N–H and O–H groups in total. The second-order valence-corrected chi connectivity index (χ2v) is 8.40. The number of thiophene rings is 1. The van der Waals surface area contributed by atoms with E-state index < -0.39 is 17.5 Å². The lowest BCUT2D eigenvalue weighted by Crippen LogP contribution is -2.44. The number of carbonyl (C=O) groups excluding carboxylic acids is 3. The first-order valence-electron chi connectivity index (χ1n) is 8.61. The van der Waals surface area contributed by atoms with Crippen molar-refractivity contribution < 1.29 is 19.1 Å². The maximum atomic E-state index is 12.8. The molecule has 2 aromatic rings. The number of ether oxygens (including phenoxy) is 1. The van der Waals surface area contributed by atoms with Crippen LogP contribution in [0.25, 0.3) is 0 Å². The SMILES string of the molecule is CN(CCOc1ccc(Br)cc1)C(=O)CN1C(=O)NC(C)(c2cccs2)C1=O. The van der Waals surface area contributed by atoms with Crippen LogP contribution in [0.2, 0.25) is 0 Å². The highest BCUT2D eigenvalue weighted by Gasteiger charge is 2.50. The van der Waals surface area contributed by atoms with Gasteiger partial charge in [-0.1, -0.05) is 22.0 Å². The molecule has 1 aromatic carbocycles. The van der Waals surface area contributed by atoms with Crippen molar-refractivity contribution in [3.63, 3.8) is 0 Å². The molecular weight excluding hydrogens is 446 g/mol. The quantitative estimate of drug-likeness (QED) is 0.637. The molecule has 2 heterocycles. The number of nitrogens with zero attached hydrogens (tertiary/aromatic N) is 2. The summed E-state index contributed by atoms with van der Waals surface area (Å²) < 4.78 is 6.56. The predicted molar refractivity (Wildman–Crippen MR) is 109 cm³/mol. The molecule has 0 saturated carbocycles. The van der Waals surface area contributed by atoms with Crippen LogP contribution in [0.4, 0.5) is 4.79 Å². The number of halogens is 1. The number of urea groups is 1. The van der Waals surface area contributed by atoms with Crippen LogP contribution in [-0.4, -0.2) is 54.4 Å². The molecule has 1 fully saturated rings. The minimum Gasteiger partial charge on any atom is -0.492 e. The molecular formula is C19H20BrN3O4S. The zero-order valence-corrected chi connectivity index (χ0v) is 17.9. The van der Waals surface area contributed by atoms with E-state index in [0.717, 1.165) is 14.2 Å². The van der Waals surface area contributed by atoms with Crippen LogP contribution < -0.4 is 10.1 Å². The summed E-state index contributed by atoms with van der Waals surface area (Å²) in [6, 6.07) is 10.4. The Hall–Kier alpha value is -2.39. The van der Waals surface area contributed by atoms with Crippen LogP contribution in [-0.2, 0) is 15.1 Å². The van der Waals surface area contributed by atoms with Gasteiger partial charge in [-0.25, -0.2) is 4.79 Å². The van der Waals surface area contributed by atoms with Gasteiger partial charge in [0.2, 0.25) is 5.91 Å². The van der Waals surface area contributed by atoms with Gasteiger partial charge in [-0.2, -0.15) is 0 Å². The van der Waals surface area contributed by atoms with E-state index in [0.29, 0.717) is 18.9 Å². The number of rotatable bonds is 7. The van der Waals surface area contributed by atoms with Gasteiger partial charge in [-0.05, 0) is 42.6 Å². The third-order valence-corrected chi connectivity index (χ3v) is 6.14. The zero-order valence-electron chi connectivity index (χ0n) is 15.5. The summed E-state index contributed by atoms with van der Waals surface area (Å²) in [5, 5.41) is 4.53. The molecule has 1 unspecified atom stereocenters. The summed E-state index contributed by atoms with van der Waals surface area (Å²) in [4.78, 5) is 40.7. The minimum absolute atomic E-state index is 0.303. The molecule has 0 spiro atoms. The largest absolute Gasteiger partial charge is 0.492 e. The Labute approximate surface area is 175 Å². The van der Waals surface area contributed by atoms with Crippen molar-refractivity contribution in [1.82, 2.24) is 15.1 Å². The predicted octanol–water partition coefficient (Wildman–Crippen LogP) is 2.82. The number of hydrogen-bond donors (Lipinski definition) is 1. The maximum absolute atomic E-state index is 12.8. The van der Waals surface area contributed by atoms with Crippen molar-refractivity contribution in [3.05, 3.63) is 51.1 Å². The van der Waals surface area contributed by atoms with Crippen LogP contribution >= 0.6 is 27.3 Å². The molecule has 9 heteroatoms. The monoisotopic (exact) mass is 465 g/mol. The molecule has 1 atom stereocenters. The molecule has 28 heavy (non-hydrogen) atoms. The highest BCUT2D eigenvalue weighted by Crippen LogP contribution is 2.31. The number of carbonyl (C=O) groups is 3. The molecule has 148 valence electrons. The summed E-state index contributed by atoms with van der Waals surface area (Å²) in [7, 11) is 1.62. The summed E-state index contributed by atoms with van der Waals surface area (Å²) in [6.45, 7) is 1.98. The molecule has 1 saturated heterocycles. The molecule has 3 rings (SSSR count). The van der Waals surface area contributed by atoms with Crippen LogP contribution in [0.1, 0.15) is 11.8 Å². The van der Waals surface area contributed by atoms with E-state index in [2.05, 4.69) is 21.2 Å². The van der Waals surface area contributed by atoms with E-state index in [1.807, 2.05) is 35.7 Å². The van der Waals surface area contributed by atoms with Gasteiger partial charge in [0.25, 0.3) is 5.91 Å². The van der Waals surface area contributed by atoms with Gasteiger partial charge in [0.05, 0.1) is 6.54 Å². The fourth-order valence-electron chi connectivity index (χ4n) is 2.78. The van der Waals surface area contributed by atoms with Gasteiger partial charge in [-0.3, -0.25) is 14.5 Å². The maximum Gasteiger partial charge on any atom is 0.325 e. The molecule has 4 amide bonds. The number of hydrogen-bond acceptors (Lipinski definition) is 5. The molecule has 1 aliphatic rings. The van der Waals surface area contributed by atoms with E-state index >= 15 is 0 Å². The normalized spacial score (nSPS) is 18.9. The Morgan fingerprint density at radius 2 is 2.00 bits per heavy atom. The molecule has 0 bridgehead atoms. The third-order valence-electron chi connectivity index (χ3n) is 4.52. The highest BCUT2D eigenvalue weighted by molar-refractivity contribution is 9.10. The molecule has 0 aliphatic carbocycles. The van der Waals surface area contributed by atoms with E-state index in [9.17, 15) is 14.4 Å². The summed E-state index contributed by atoms with van der Waals surface area (Å²) >= 11 is 4.74. The van der Waals surface area contributed by atoms with Crippen LogP contribution in [0, 0.1) is 0 Å².